The van der Waals surface area contributed by atoms with E-state index < -0.39 is 0 Å². The maximum atomic E-state index is 4.97. The first-order valence-corrected chi connectivity index (χ1v) is 5.28. The molecule has 0 bridgehead atoms. The molecule has 0 radical (unpaired) electrons. The van der Waals surface area contributed by atoms with E-state index in [1.807, 2.05) is 0 Å². The lowest BCUT2D eigenvalue weighted by Crippen LogP contribution is -2.18. The predicted molar refractivity (Wildman–Crippen MR) is 53.3 cm³/mol. The quantitative estimate of drug-likeness (QED) is 0.706. The third-order valence-electron chi connectivity index (χ3n) is 2.12. The molecule has 2 heterocycles. The van der Waals surface area contributed by atoms with E-state index in [1.165, 1.54) is 6.42 Å². The first kappa shape index (κ1) is 8.19. The van der Waals surface area contributed by atoms with Crippen LogP contribution < -0.4 is 4.90 Å². The van der Waals surface area contributed by atoms with Gasteiger partial charge in [-0.3, -0.25) is 5.10 Å². The summed E-state index contributed by atoms with van der Waals surface area (Å²) in [4.78, 5) is 2.29. The van der Waals surface area contributed by atoms with Crippen molar-refractivity contribution in [3.63, 3.8) is 0 Å². The van der Waals surface area contributed by atoms with E-state index in [4.69, 9.17) is 12.2 Å². The molecule has 5 heteroatoms. The molecule has 2 rings (SSSR count). The van der Waals surface area contributed by atoms with Crippen molar-refractivity contribution in [1.29, 1.82) is 0 Å². The number of H-pyrrole nitrogens is 1. The van der Waals surface area contributed by atoms with Gasteiger partial charge in [-0.25, -0.2) is 0 Å². The number of anilines is 1. The van der Waals surface area contributed by atoms with Crippen LogP contribution in [0.1, 0.15) is 13.3 Å². The number of nitrogens with one attached hydrogen (secondary N) is 1. The molecular formula is C7H11N3S2. The van der Waals surface area contributed by atoms with E-state index in [1.54, 1.807) is 11.3 Å². The van der Waals surface area contributed by atoms with Gasteiger partial charge in [-0.15, -0.1) is 5.10 Å². The molecule has 12 heavy (non-hydrogen) atoms. The number of rotatable bonds is 1. The molecule has 1 fully saturated rings. The molecule has 0 aliphatic carbocycles. The van der Waals surface area contributed by atoms with Gasteiger partial charge in [0, 0.05) is 13.1 Å². The highest BCUT2D eigenvalue weighted by Crippen LogP contribution is 2.24. The summed E-state index contributed by atoms with van der Waals surface area (Å²) < 4.78 is 0.768. The minimum Gasteiger partial charge on any atom is -0.346 e. The third kappa shape index (κ3) is 1.51. The van der Waals surface area contributed by atoms with Gasteiger partial charge in [0.05, 0.1) is 0 Å². The lowest BCUT2D eigenvalue weighted by molar-refractivity contribution is 0.659. The van der Waals surface area contributed by atoms with E-state index in [-0.39, 0.29) is 0 Å². The van der Waals surface area contributed by atoms with Gasteiger partial charge in [-0.2, -0.15) is 0 Å². The molecule has 1 unspecified atom stereocenters. The molecule has 1 aromatic rings. The van der Waals surface area contributed by atoms with Crippen LogP contribution in [-0.2, 0) is 0 Å². The average molecular weight is 201 g/mol. The topological polar surface area (TPSA) is 31.9 Å². The zero-order chi connectivity index (χ0) is 8.55. The van der Waals surface area contributed by atoms with Crippen LogP contribution in [0.5, 0.6) is 0 Å². The third-order valence-corrected chi connectivity index (χ3v) is 3.27. The van der Waals surface area contributed by atoms with Crippen molar-refractivity contribution in [2.75, 3.05) is 18.0 Å². The molecule has 1 saturated heterocycles. The molecule has 1 N–H and O–H groups in total. The highest BCUT2D eigenvalue weighted by Gasteiger charge is 2.20. The van der Waals surface area contributed by atoms with Crippen molar-refractivity contribution in [3.8, 4) is 0 Å². The molecule has 0 aromatic carbocycles. The molecule has 1 aliphatic rings. The summed E-state index contributed by atoms with van der Waals surface area (Å²) in [6.45, 7) is 4.51. The van der Waals surface area contributed by atoms with Gasteiger partial charge in [0.1, 0.15) is 0 Å². The Balaban J connectivity index is 2.16. The second kappa shape index (κ2) is 3.14. The first-order valence-electron chi connectivity index (χ1n) is 4.06. The average Bonchev–Trinajstić information content (AvgIpc) is 2.58. The fraction of sp³-hybridized carbons (Fsp3) is 0.714. The number of aromatic amines is 1. The van der Waals surface area contributed by atoms with E-state index >= 15 is 0 Å². The fourth-order valence-electron chi connectivity index (χ4n) is 1.47. The summed E-state index contributed by atoms with van der Waals surface area (Å²) in [5, 5.41) is 8.00. The van der Waals surface area contributed by atoms with Crippen LogP contribution in [0.25, 0.3) is 0 Å². The number of aromatic nitrogens is 2. The lowest BCUT2D eigenvalue weighted by Gasteiger charge is -2.12. The van der Waals surface area contributed by atoms with Crippen molar-refractivity contribution < 1.29 is 0 Å². The number of hydrogen-bond donors (Lipinski definition) is 1. The van der Waals surface area contributed by atoms with Crippen molar-refractivity contribution >= 4 is 28.7 Å². The molecule has 1 aliphatic heterocycles. The maximum Gasteiger partial charge on any atom is 0.206 e. The van der Waals surface area contributed by atoms with Crippen LogP contribution >= 0.6 is 23.6 Å². The largest absolute Gasteiger partial charge is 0.346 e. The van der Waals surface area contributed by atoms with Gasteiger partial charge in [-0.05, 0) is 24.6 Å². The predicted octanol–water partition coefficient (Wildman–Crippen LogP) is 2.05. The van der Waals surface area contributed by atoms with E-state index in [2.05, 4.69) is 22.0 Å². The van der Waals surface area contributed by atoms with Crippen LogP contribution in [-0.4, -0.2) is 23.3 Å². The molecular weight excluding hydrogens is 190 g/mol. The molecule has 0 spiro atoms. The monoisotopic (exact) mass is 201 g/mol. The Morgan fingerprint density at radius 3 is 3.08 bits per heavy atom. The molecule has 0 saturated carbocycles. The van der Waals surface area contributed by atoms with Gasteiger partial charge < -0.3 is 4.90 Å². The molecule has 3 nitrogen and oxygen atoms in total. The van der Waals surface area contributed by atoms with Gasteiger partial charge in [0.25, 0.3) is 0 Å². The lowest BCUT2D eigenvalue weighted by atomic mass is 10.2. The van der Waals surface area contributed by atoms with Crippen LogP contribution in [0.2, 0.25) is 0 Å². The summed E-state index contributed by atoms with van der Waals surface area (Å²) in [7, 11) is 0. The SMILES string of the molecule is CC1CCN(c2n[nH]c(=S)s2)C1. The van der Waals surface area contributed by atoms with Crippen LogP contribution in [0.3, 0.4) is 0 Å². The number of nitrogens with zero attached hydrogens (tertiary/aromatic N) is 2. The minimum atomic E-state index is 0.768. The highest BCUT2D eigenvalue weighted by molar-refractivity contribution is 7.73. The summed E-state index contributed by atoms with van der Waals surface area (Å²) in [5.74, 6) is 0.794. The zero-order valence-corrected chi connectivity index (χ0v) is 8.54. The smallest absolute Gasteiger partial charge is 0.206 e. The van der Waals surface area contributed by atoms with Crippen molar-refractivity contribution in [2.24, 2.45) is 5.92 Å². The van der Waals surface area contributed by atoms with Crippen molar-refractivity contribution in [3.05, 3.63) is 3.95 Å². The summed E-state index contributed by atoms with van der Waals surface area (Å²) in [5.41, 5.74) is 0. The van der Waals surface area contributed by atoms with E-state index in [9.17, 15) is 0 Å². The Hall–Kier alpha value is -0.420. The van der Waals surface area contributed by atoms with Gasteiger partial charge in [-0.1, -0.05) is 18.3 Å². The van der Waals surface area contributed by atoms with E-state index in [0.717, 1.165) is 28.1 Å². The van der Waals surface area contributed by atoms with Gasteiger partial charge in [0.2, 0.25) is 5.13 Å². The summed E-state index contributed by atoms with van der Waals surface area (Å²) in [6.07, 6.45) is 1.27. The maximum absolute atomic E-state index is 4.97. The highest BCUT2D eigenvalue weighted by atomic mass is 32.1. The van der Waals surface area contributed by atoms with Gasteiger partial charge in [0.15, 0.2) is 3.95 Å². The first-order chi connectivity index (χ1) is 5.75. The summed E-state index contributed by atoms with van der Waals surface area (Å²) >= 11 is 6.53. The minimum absolute atomic E-state index is 0.768. The Kier molecular flexibility index (Phi) is 2.14. The molecule has 0 amide bonds. The second-order valence-electron chi connectivity index (χ2n) is 3.24. The Morgan fingerprint density at radius 1 is 1.75 bits per heavy atom. The van der Waals surface area contributed by atoms with Crippen molar-refractivity contribution in [1.82, 2.24) is 10.2 Å². The number of hydrogen-bond acceptors (Lipinski definition) is 4. The van der Waals surface area contributed by atoms with Crippen LogP contribution in [0.4, 0.5) is 5.13 Å². The van der Waals surface area contributed by atoms with Crippen molar-refractivity contribution in [2.45, 2.75) is 13.3 Å². The Bertz CT molecular complexity index is 316. The standard InChI is InChI=1S/C7H11N3S2/c1-5-2-3-10(4-5)6-8-9-7(11)12-6/h5H,2-4H2,1H3,(H,9,11). The Labute approximate surface area is 80.4 Å². The summed E-state index contributed by atoms with van der Waals surface area (Å²) in [6, 6.07) is 0. The van der Waals surface area contributed by atoms with E-state index in [0.29, 0.717) is 0 Å². The Morgan fingerprint density at radius 2 is 2.58 bits per heavy atom. The second-order valence-corrected chi connectivity index (χ2v) is 4.88. The molecule has 1 aromatic heterocycles. The fourth-order valence-corrected chi connectivity index (χ4v) is 2.38. The molecule has 1 atom stereocenters. The van der Waals surface area contributed by atoms with Crippen LogP contribution in [0.15, 0.2) is 0 Å². The van der Waals surface area contributed by atoms with Gasteiger partial charge >= 0.3 is 0 Å². The zero-order valence-electron chi connectivity index (χ0n) is 6.91. The normalized spacial score (nSPS) is 23.4. The molecule has 66 valence electrons. The van der Waals surface area contributed by atoms with Crippen LogP contribution in [0, 0.1) is 9.87 Å².